The number of fused-ring (bicyclic) bond motifs is 1. The molecule has 0 saturated carbocycles. The number of piperidine rings is 1. The van der Waals surface area contributed by atoms with Crippen LogP contribution in [0.4, 0.5) is 5.69 Å². The van der Waals surface area contributed by atoms with Gasteiger partial charge in [-0.2, -0.15) is 0 Å². The lowest BCUT2D eigenvalue weighted by Crippen LogP contribution is -2.42. The summed E-state index contributed by atoms with van der Waals surface area (Å²) in [6.45, 7) is 1.50. The molecule has 1 amide bonds. The van der Waals surface area contributed by atoms with Crippen molar-refractivity contribution in [1.29, 1.82) is 0 Å². The summed E-state index contributed by atoms with van der Waals surface area (Å²) in [5, 5.41) is 4.51. The summed E-state index contributed by atoms with van der Waals surface area (Å²) in [7, 11) is 0. The molecule has 2 aromatic carbocycles. The van der Waals surface area contributed by atoms with Gasteiger partial charge in [-0.1, -0.05) is 36.4 Å². The third kappa shape index (κ3) is 3.00. The van der Waals surface area contributed by atoms with Crippen LogP contribution < -0.4 is 5.32 Å². The summed E-state index contributed by atoms with van der Waals surface area (Å²) in [4.78, 5) is 14.5. The second-order valence-corrected chi connectivity index (χ2v) is 6.23. The van der Waals surface area contributed by atoms with Gasteiger partial charge in [0.1, 0.15) is 5.58 Å². The largest absolute Gasteiger partial charge is 0.451 e. The van der Waals surface area contributed by atoms with Crippen LogP contribution in [-0.2, 0) is 0 Å². The maximum atomic E-state index is 12.6. The molecular weight excluding hydrogens is 300 g/mol. The molecule has 24 heavy (non-hydrogen) atoms. The first-order valence-corrected chi connectivity index (χ1v) is 8.39. The molecule has 4 rings (SSSR count). The number of nitrogens with one attached hydrogen (secondary N) is 1. The highest BCUT2D eigenvalue weighted by molar-refractivity contribution is 5.96. The summed E-state index contributed by atoms with van der Waals surface area (Å²) >= 11 is 0. The number of para-hydroxylation sites is 2. The van der Waals surface area contributed by atoms with Crippen LogP contribution in [0.5, 0.6) is 0 Å². The van der Waals surface area contributed by atoms with Gasteiger partial charge >= 0.3 is 0 Å². The van der Waals surface area contributed by atoms with Gasteiger partial charge in [-0.05, 0) is 37.1 Å². The number of rotatable bonds is 3. The zero-order chi connectivity index (χ0) is 16.4. The molecule has 1 saturated heterocycles. The number of hydrogen-bond acceptors (Lipinski definition) is 3. The van der Waals surface area contributed by atoms with Gasteiger partial charge in [-0.25, -0.2) is 0 Å². The van der Waals surface area contributed by atoms with Crippen molar-refractivity contribution in [3.63, 3.8) is 0 Å². The van der Waals surface area contributed by atoms with Crippen LogP contribution in [0.3, 0.4) is 0 Å². The Morgan fingerprint density at radius 3 is 2.46 bits per heavy atom. The number of furan rings is 1. The van der Waals surface area contributed by atoms with Crippen LogP contribution in [0.25, 0.3) is 11.0 Å². The van der Waals surface area contributed by atoms with Crippen LogP contribution in [0.15, 0.2) is 65.1 Å². The standard InChI is InChI=1S/C20H20N2O2/c23-20(19-14-15-6-4-5-9-18(15)24-19)22-12-10-17(11-13-22)21-16-7-2-1-3-8-16/h1-9,14,17,21H,10-13H2. The maximum Gasteiger partial charge on any atom is 0.289 e. The van der Waals surface area contributed by atoms with Crippen molar-refractivity contribution in [2.75, 3.05) is 18.4 Å². The van der Waals surface area contributed by atoms with Crippen LogP contribution in [0.2, 0.25) is 0 Å². The molecule has 2 heterocycles. The first-order chi connectivity index (χ1) is 11.8. The molecule has 4 nitrogen and oxygen atoms in total. The molecule has 4 heteroatoms. The molecule has 1 fully saturated rings. The van der Waals surface area contributed by atoms with E-state index in [0.717, 1.165) is 42.6 Å². The van der Waals surface area contributed by atoms with Crippen LogP contribution in [0.1, 0.15) is 23.4 Å². The minimum atomic E-state index is -0.00985. The first kappa shape index (κ1) is 14.8. The van der Waals surface area contributed by atoms with E-state index < -0.39 is 0 Å². The molecule has 1 aliphatic rings. The Labute approximate surface area is 141 Å². The predicted molar refractivity (Wildman–Crippen MR) is 95.2 cm³/mol. The Morgan fingerprint density at radius 2 is 1.71 bits per heavy atom. The van der Waals surface area contributed by atoms with Crippen molar-refractivity contribution in [2.24, 2.45) is 0 Å². The van der Waals surface area contributed by atoms with E-state index in [1.807, 2.05) is 53.4 Å². The summed E-state index contributed by atoms with van der Waals surface area (Å²) in [6.07, 6.45) is 1.89. The van der Waals surface area contributed by atoms with E-state index in [-0.39, 0.29) is 5.91 Å². The van der Waals surface area contributed by atoms with Crippen molar-refractivity contribution in [1.82, 2.24) is 4.90 Å². The Bertz CT molecular complexity index is 800. The highest BCUT2D eigenvalue weighted by Gasteiger charge is 2.25. The molecule has 0 spiro atoms. The average molecular weight is 320 g/mol. The van der Waals surface area contributed by atoms with Crippen LogP contribution >= 0.6 is 0 Å². The van der Waals surface area contributed by atoms with Gasteiger partial charge in [0.15, 0.2) is 5.76 Å². The number of hydrogen-bond donors (Lipinski definition) is 1. The summed E-state index contributed by atoms with van der Waals surface area (Å²) in [5.74, 6) is 0.426. The third-order valence-corrected chi connectivity index (χ3v) is 4.56. The van der Waals surface area contributed by atoms with Gasteiger partial charge in [0.05, 0.1) is 0 Å². The fourth-order valence-electron chi connectivity index (χ4n) is 3.24. The summed E-state index contributed by atoms with van der Waals surface area (Å²) < 4.78 is 5.70. The number of likely N-dealkylation sites (tertiary alicyclic amines) is 1. The second kappa shape index (κ2) is 6.40. The highest BCUT2D eigenvalue weighted by atomic mass is 16.3. The predicted octanol–water partition coefficient (Wildman–Crippen LogP) is 4.15. The van der Waals surface area contributed by atoms with E-state index in [0.29, 0.717) is 11.8 Å². The van der Waals surface area contributed by atoms with Crippen molar-refractivity contribution < 1.29 is 9.21 Å². The van der Waals surface area contributed by atoms with Gasteiger partial charge < -0.3 is 14.6 Å². The normalized spacial score (nSPS) is 15.6. The number of benzene rings is 2. The fourth-order valence-corrected chi connectivity index (χ4v) is 3.24. The molecule has 0 unspecified atom stereocenters. The van der Waals surface area contributed by atoms with Crippen molar-refractivity contribution in [3.8, 4) is 0 Å². The lowest BCUT2D eigenvalue weighted by atomic mass is 10.0. The number of carbonyl (C=O) groups excluding carboxylic acids is 1. The maximum absolute atomic E-state index is 12.6. The Balaban J connectivity index is 1.39. The molecule has 0 aliphatic carbocycles. The smallest absolute Gasteiger partial charge is 0.289 e. The molecule has 0 bridgehead atoms. The Hall–Kier alpha value is -2.75. The summed E-state index contributed by atoms with van der Waals surface area (Å²) in [5.41, 5.74) is 1.90. The average Bonchev–Trinajstić information content (AvgIpc) is 3.07. The number of anilines is 1. The SMILES string of the molecule is O=C(c1cc2ccccc2o1)N1CCC(Nc2ccccc2)CC1. The quantitative estimate of drug-likeness (QED) is 0.788. The van der Waals surface area contributed by atoms with Crippen LogP contribution in [0, 0.1) is 0 Å². The molecule has 122 valence electrons. The molecule has 0 atom stereocenters. The van der Waals surface area contributed by atoms with Crippen molar-refractivity contribution >= 4 is 22.6 Å². The third-order valence-electron chi connectivity index (χ3n) is 4.56. The van der Waals surface area contributed by atoms with Gasteiger partial charge in [0, 0.05) is 30.2 Å². The van der Waals surface area contributed by atoms with E-state index in [4.69, 9.17) is 4.42 Å². The number of nitrogens with zero attached hydrogens (tertiary/aromatic N) is 1. The lowest BCUT2D eigenvalue weighted by Gasteiger charge is -2.32. The minimum Gasteiger partial charge on any atom is -0.451 e. The van der Waals surface area contributed by atoms with E-state index in [9.17, 15) is 4.79 Å². The highest BCUT2D eigenvalue weighted by Crippen LogP contribution is 2.22. The zero-order valence-electron chi connectivity index (χ0n) is 13.4. The zero-order valence-corrected chi connectivity index (χ0v) is 13.4. The van der Waals surface area contributed by atoms with E-state index in [2.05, 4.69) is 17.4 Å². The Kier molecular flexibility index (Phi) is 3.95. The van der Waals surface area contributed by atoms with E-state index >= 15 is 0 Å². The van der Waals surface area contributed by atoms with Gasteiger partial charge in [0.2, 0.25) is 0 Å². The van der Waals surface area contributed by atoms with Gasteiger partial charge in [-0.15, -0.1) is 0 Å². The molecule has 3 aromatic rings. The van der Waals surface area contributed by atoms with E-state index in [1.165, 1.54) is 0 Å². The lowest BCUT2D eigenvalue weighted by molar-refractivity contribution is 0.0688. The van der Waals surface area contributed by atoms with Crippen molar-refractivity contribution in [3.05, 3.63) is 66.4 Å². The fraction of sp³-hybridized carbons (Fsp3) is 0.250. The minimum absolute atomic E-state index is 0.00985. The van der Waals surface area contributed by atoms with Crippen LogP contribution in [-0.4, -0.2) is 29.9 Å². The first-order valence-electron chi connectivity index (χ1n) is 8.39. The molecule has 1 aliphatic heterocycles. The molecular formula is C20H20N2O2. The van der Waals surface area contributed by atoms with Gasteiger partial charge in [-0.3, -0.25) is 4.79 Å². The van der Waals surface area contributed by atoms with Gasteiger partial charge in [0.25, 0.3) is 5.91 Å². The van der Waals surface area contributed by atoms with E-state index in [1.54, 1.807) is 0 Å². The number of amides is 1. The Morgan fingerprint density at radius 1 is 1.00 bits per heavy atom. The molecule has 0 radical (unpaired) electrons. The topological polar surface area (TPSA) is 45.5 Å². The number of carbonyl (C=O) groups is 1. The second-order valence-electron chi connectivity index (χ2n) is 6.23. The van der Waals surface area contributed by atoms with Crippen molar-refractivity contribution in [2.45, 2.75) is 18.9 Å². The molecule has 1 N–H and O–H groups in total. The monoisotopic (exact) mass is 320 g/mol. The molecule has 1 aromatic heterocycles. The summed E-state index contributed by atoms with van der Waals surface area (Å²) in [6, 6.07) is 20.2.